The maximum atomic E-state index is 5.88. The predicted octanol–water partition coefficient (Wildman–Crippen LogP) is 1.35. The standard InChI is InChI=1S/C6H20N5P2/c1-9(2)12(7)8-13(10(3)4)11(5)6/h1-6H3,(H2,7,8)/q+1. The van der Waals surface area contributed by atoms with Crippen molar-refractivity contribution in [2.75, 3.05) is 42.3 Å². The van der Waals surface area contributed by atoms with Crippen molar-refractivity contribution in [2.24, 2.45) is 10.0 Å². The Kier molecular flexibility index (Phi) is 6.14. The first kappa shape index (κ1) is 13.4. The van der Waals surface area contributed by atoms with Gasteiger partial charge in [-0.2, -0.15) is 0 Å². The minimum absolute atomic E-state index is 0.597. The maximum Gasteiger partial charge on any atom is 0.399 e. The van der Waals surface area contributed by atoms with Crippen LogP contribution in [0.25, 0.3) is 0 Å². The summed E-state index contributed by atoms with van der Waals surface area (Å²) in [7, 11) is 10.6. The molecule has 1 atom stereocenters. The van der Waals surface area contributed by atoms with Gasteiger partial charge in [-0.05, 0) is 32.7 Å². The molecule has 0 aliphatic rings. The third-order valence-corrected chi connectivity index (χ3v) is 4.92. The van der Waals surface area contributed by atoms with E-state index in [4.69, 9.17) is 5.50 Å². The fourth-order valence-corrected chi connectivity index (χ4v) is 3.97. The normalized spacial score (nSPS) is 13.9. The minimum Gasteiger partial charge on any atom is -0.254 e. The number of rotatable bonds is 4. The van der Waals surface area contributed by atoms with E-state index in [0.29, 0.717) is 0 Å². The molecule has 78 valence electrons. The van der Waals surface area contributed by atoms with Crippen LogP contribution in [-0.2, 0) is 0 Å². The zero-order valence-corrected chi connectivity index (χ0v) is 11.0. The summed E-state index contributed by atoms with van der Waals surface area (Å²) < 4.78 is 10.7. The molecule has 0 aromatic rings. The van der Waals surface area contributed by atoms with E-state index in [1.54, 1.807) is 0 Å². The van der Waals surface area contributed by atoms with Crippen LogP contribution < -0.4 is 5.50 Å². The Morgan fingerprint density at radius 3 is 1.62 bits per heavy atom. The van der Waals surface area contributed by atoms with Gasteiger partial charge in [-0.3, -0.25) is 9.34 Å². The van der Waals surface area contributed by atoms with Crippen LogP contribution in [0.1, 0.15) is 0 Å². The zero-order chi connectivity index (χ0) is 10.6. The third kappa shape index (κ3) is 4.96. The van der Waals surface area contributed by atoms with Gasteiger partial charge in [0.15, 0.2) is 0 Å². The van der Waals surface area contributed by atoms with Crippen molar-refractivity contribution in [1.82, 2.24) is 14.0 Å². The Labute approximate surface area is 83.4 Å². The van der Waals surface area contributed by atoms with Crippen LogP contribution in [0.4, 0.5) is 0 Å². The maximum absolute atomic E-state index is 5.88. The summed E-state index contributed by atoms with van der Waals surface area (Å²) in [5, 5.41) is 0. The van der Waals surface area contributed by atoms with Crippen LogP contribution in [0.5, 0.6) is 0 Å². The first-order valence-corrected chi connectivity index (χ1v) is 6.46. The van der Waals surface area contributed by atoms with Gasteiger partial charge in [-0.1, -0.05) is 0 Å². The molecule has 5 nitrogen and oxygen atoms in total. The second kappa shape index (κ2) is 5.97. The summed E-state index contributed by atoms with van der Waals surface area (Å²) in [6.45, 7) is 0. The van der Waals surface area contributed by atoms with Crippen LogP contribution in [0, 0.1) is 0 Å². The highest BCUT2D eigenvalue weighted by molar-refractivity contribution is 7.59. The molecule has 0 aliphatic carbocycles. The van der Waals surface area contributed by atoms with Crippen LogP contribution in [0.2, 0.25) is 0 Å². The molecule has 0 aromatic heterocycles. The van der Waals surface area contributed by atoms with Crippen LogP contribution in [0.3, 0.4) is 0 Å². The Morgan fingerprint density at radius 2 is 1.38 bits per heavy atom. The van der Waals surface area contributed by atoms with Crippen molar-refractivity contribution in [3.63, 3.8) is 0 Å². The van der Waals surface area contributed by atoms with E-state index in [2.05, 4.69) is 13.9 Å². The van der Waals surface area contributed by atoms with Crippen molar-refractivity contribution in [3.8, 4) is 0 Å². The number of hydrogen-bond acceptors (Lipinski definition) is 3. The van der Waals surface area contributed by atoms with Crippen molar-refractivity contribution in [1.29, 1.82) is 0 Å². The van der Waals surface area contributed by atoms with Crippen molar-refractivity contribution < 1.29 is 0 Å². The topological polar surface area (TPSA) is 48.1 Å². The minimum atomic E-state index is -0.840. The lowest BCUT2D eigenvalue weighted by Crippen LogP contribution is -2.16. The Balaban J connectivity index is 4.50. The summed E-state index contributed by atoms with van der Waals surface area (Å²) >= 11 is 0. The summed E-state index contributed by atoms with van der Waals surface area (Å²) in [6, 6.07) is 0. The smallest absolute Gasteiger partial charge is 0.254 e. The number of nitrogens with zero attached hydrogens (tertiary/aromatic N) is 4. The van der Waals surface area contributed by atoms with Crippen molar-refractivity contribution in [3.05, 3.63) is 0 Å². The zero-order valence-electron chi connectivity index (χ0n) is 9.26. The highest BCUT2D eigenvalue weighted by atomic mass is 31.2. The highest BCUT2D eigenvalue weighted by Gasteiger charge is 2.21. The van der Waals surface area contributed by atoms with Gasteiger partial charge in [0, 0.05) is 14.1 Å². The summed E-state index contributed by atoms with van der Waals surface area (Å²) in [5.41, 5.74) is 5.88. The lowest BCUT2D eigenvalue weighted by atomic mass is 11.3. The molecule has 0 bridgehead atoms. The Morgan fingerprint density at radius 1 is 1.00 bits per heavy atom. The summed E-state index contributed by atoms with van der Waals surface area (Å²) in [6.07, 6.45) is 0. The van der Waals surface area contributed by atoms with Crippen molar-refractivity contribution in [2.45, 2.75) is 0 Å². The number of nitrogens with two attached hydrogens (primary N) is 1. The highest BCUT2D eigenvalue weighted by Crippen LogP contribution is 2.46. The molecule has 1 unspecified atom stereocenters. The molecule has 0 heterocycles. The van der Waals surface area contributed by atoms with Gasteiger partial charge >= 0.3 is 8.01 Å². The van der Waals surface area contributed by atoms with Crippen LogP contribution in [0.15, 0.2) is 4.52 Å². The molecular weight excluding hydrogens is 204 g/mol. The van der Waals surface area contributed by atoms with E-state index in [1.165, 1.54) is 0 Å². The third-order valence-electron chi connectivity index (χ3n) is 1.30. The van der Waals surface area contributed by atoms with Gasteiger partial charge < -0.3 is 0 Å². The van der Waals surface area contributed by atoms with Crippen LogP contribution in [-0.4, -0.2) is 56.3 Å². The molecule has 0 aromatic carbocycles. The van der Waals surface area contributed by atoms with E-state index in [0.717, 1.165) is 0 Å². The molecule has 0 amide bonds. The number of hydrogen-bond donors (Lipinski definition) is 1. The van der Waals surface area contributed by atoms with Crippen molar-refractivity contribution >= 4 is 16.4 Å². The van der Waals surface area contributed by atoms with E-state index in [1.807, 2.05) is 47.0 Å². The quantitative estimate of drug-likeness (QED) is 0.732. The molecule has 2 N–H and O–H groups in total. The first-order valence-electron chi connectivity index (χ1n) is 3.94. The molecule has 0 fully saturated rings. The van der Waals surface area contributed by atoms with Gasteiger partial charge in [0.2, 0.25) is 8.37 Å². The summed E-state index contributed by atoms with van der Waals surface area (Å²) in [4.78, 5) is 0. The molecule has 0 saturated carbocycles. The molecule has 0 spiro atoms. The van der Waals surface area contributed by atoms with E-state index in [-0.39, 0.29) is 0 Å². The van der Waals surface area contributed by atoms with E-state index >= 15 is 0 Å². The molecule has 13 heavy (non-hydrogen) atoms. The lowest BCUT2D eigenvalue weighted by Gasteiger charge is -2.22. The second-order valence-electron chi connectivity index (χ2n) is 3.22. The van der Waals surface area contributed by atoms with Gasteiger partial charge in [0.05, 0.1) is 0 Å². The Bertz CT molecular complexity index is 172. The fraction of sp³-hybridized carbons (Fsp3) is 1.00. The fourth-order valence-electron chi connectivity index (χ4n) is 0.680. The SMILES string of the molecule is CN(C)P(/N=[P+](\N)N(C)C)N(C)C. The average molecular weight is 224 g/mol. The van der Waals surface area contributed by atoms with E-state index in [9.17, 15) is 0 Å². The Hall–Kier alpha value is 0.370. The molecule has 0 rings (SSSR count). The molecular formula is C6H20N5P2+. The molecule has 0 aliphatic heterocycles. The molecule has 7 heteroatoms. The summed E-state index contributed by atoms with van der Waals surface area (Å²) in [5.74, 6) is 0. The monoisotopic (exact) mass is 224 g/mol. The van der Waals surface area contributed by atoms with Gasteiger partial charge in [-0.15, -0.1) is 10.2 Å². The van der Waals surface area contributed by atoms with Crippen LogP contribution >= 0.6 is 16.4 Å². The van der Waals surface area contributed by atoms with Gasteiger partial charge in [0.1, 0.15) is 0 Å². The average Bonchev–Trinajstić information content (AvgIpc) is 1.97. The second-order valence-corrected chi connectivity index (χ2v) is 7.51. The van der Waals surface area contributed by atoms with Gasteiger partial charge in [-0.25, -0.2) is 0 Å². The van der Waals surface area contributed by atoms with E-state index < -0.39 is 16.4 Å². The molecule has 0 radical (unpaired) electrons. The first-order chi connectivity index (χ1) is 5.86. The molecule has 0 saturated heterocycles. The van der Waals surface area contributed by atoms with Gasteiger partial charge in [0.25, 0.3) is 0 Å². The lowest BCUT2D eigenvalue weighted by molar-refractivity contribution is 0.574. The largest absolute Gasteiger partial charge is 0.399 e. The predicted molar refractivity (Wildman–Crippen MR) is 61.5 cm³/mol.